The number of sulfonamides is 1. The van der Waals surface area contributed by atoms with Crippen LogP contribution in [0.25, 0.3) is 0 Å². The minimum absolute atomic E-state index is 0.0664. The van der Waals surface area contributed by atoms with Crippen LogP contribution < -0.4 is 10.0 Å². The molecule has 0 spiro atoms. The van der Waals surface area contributed by atoms with Crippen molar-refractivity contribution in [3.8, 4) is 0 Å². The first-order chi connectivity index (χ1) is 11.5. The predicted octanol–water partition coefficient (Wildman–Crippen LogP) is 2.22. The van der Waals surface area contributed by atoms with Gasteiger partial charge in [-0.1, -0.05) is 6.07 Å². The van der Waals surface area contributed by atoms with E-state index in [2.05, 4.69) is 15.1 Å². The number of aromatic nitrogens is 2. The second-order valence-electron chi connectivity index (χ2n) is 7.02. The highest BCUT2D eigenvalue weighted by Crippen LogP contribution is 2.17. The van der Waals surface area contributed by atoms with Gasteiger partial charge >= 0.3 is 0 Å². The van der Waals surface area contributed by atoms with Crippen molar-refractivity contribution in [1.82, 2.24) is 14.5 Å². The van der Waals surface area contributed by atoms with E-state index in [9.17, 15) is 13.2 Å². The minimum atomic E-state index is -3.66. The topological polar surface area (TPSA) is 93.1 Å². The van der Waals surface area contributed by atoms with Gasteiger partial charge in [0.25, 0.3) is 0 Å². The van der Waals surface area contributed by atoms with Gasteiger partial charge in [-0.15, -0.1) is 0 Å². The third-order valence-electron chi connectivity index (χ3n) is 3.27. The zero-order chi connectivity index (χ0) is 18.8. The molecule has 1 aromatic carbocycles. The quantitative estimate of drug-likeness (QED) is 0.851. The number of benzene rings is 1. The summed E-state index contributed by atoms with van der Waals surface area (Å²) in [5.74, 6) is -0.274. The summed E-state index contributed by atoms with van der Waals surface area (Å²) in [6, 6.07) is 8.06. The number of hydrogen-bond donors (Lipinski definition) is 2. The monoisotopic (exact) mass is 364 g/mol. The molecule has 8 heteroatoms. The molecule has 2 N–H and O–H groups in total. The average Bonchev–Trinajstić information content (AvgIpc) is 2.74. The summed E-state index contributed by atoms with van der Waals surface area (Å²) < 4.78 is 29.0. The lowest BCUT2D eigenvalue weighted by molar-refractivity contribution is -0.116. The van der Waals surface area contributed by atoms with Gasteiger partial charge in [-0.25, -0.2) is 13.1 Å². The Balaban J connectivity index is 2.13. The Morgan fingerprint density at radius 3 is 2.44 bits per heavy atom. The van der Waals surface area contributed by atoms with Crippen LogP contribution in [0.1, 0.15) is 32.2 Å². The van der Waals surface area contributed by atoms with E-state index in [0.717, 1.165) is 11.4 Å². The molecule has 2 aromatic rings. The number of nitrogens with zero attached hydrogens (tertiary/aromatic N) is 2. The van der Waals surface area contributed by atoms with Crippen LogP contribution in [-0.4, -0.2) is 29.6 Å². The molecule has 0 unspecified atom stereocenters. The summed E-state index contributed by atoms with van der Waals surface area (Å²) in [6.45, 7) is 9.10. The van der Waals surface area contributed by atoms with Gasteiger partial charge in [-0.2, -0.15) is 5.10 Å². The molecule has 136 valence electrons. The van der Waals surface area contributed by atoms with E-state index < -0.39 is 15.6 Å². The second-order valence-corrected chi connectivity index (χ2v) is 8.70. The lowest BCUT2D eigenvalue weighted by Crippen LogP contribution is -2.40. The zero-order valence-corrected chi connectivity index (χ0v) is 15.9. The number of anilines is 1. The normalized spacial score (nSPS) is 12.2. The van der Waals surface area contributed by atoms with Crippen molar-refractivity contribution in [3.05, 3.63) is 41.7 Å². The highest BCUT2D eigenvalue weighted by molar-refractivity contribution is 7.89. The van der Waals surface area contributed by atoms with Gasteiger partial charge in [-0.05, 0) is 58.9 Å². The van der Waals surface area contributed by atoms with Gasteiger partial charge in [0.05, 0.1) is 10.6 Å². The van der Waals surface area contributed by atoms with Crippen molar-refractivity contribution in [2.45, 2.75) is 51.6 Å². The third kappa shape index (κ3) is 5.40. The highest BCUT2D eigenvalue weighted by Gasteiger charge is 2.22. The maximum absolute atomic E-state index is 12.4. The van der Waals surface area contributed by atoms with E-state index in [1.165, 1.54) is 12.1 Å². The van der Waals surface area contributed by atoms with Crippen molar-refractivity contribution in [3.63, 3.8) is 0 Å². The largest absolute Gasteiger partial charge is 0.324 e. The molecule has 0 bridgehead atoms. The predicted molar refractivity (Wildman–Crippen MR) is 96.8 cm³/mol. The first kappa shape index (κ1) is 19.1. The molecule has 1 aromatic heterocycles. The molecular formula is C17H24N4O3S. The third-order valence-corrected chi connectivity index (χ3v) is 5.02. The zero-order valence-electron chi connectivity index (χ0n) is 15.1. The molecule has 0 atom stereocenters. The molecule has 25 heavy (non-hydrogen) atoms. The lowest BCUT2D eigenvalue weighted by Gasteiger charge is -2.20. The van der Waals surface area contributed by atoms with Crippen LogP contribution >= 0.6 is 0 Å². The number of hydrogen-bond acceptors (Lipinski definition) is 4. The maximum atomic E-state index is 12.4. The van der Waals surface area contributed by atoms with E-state index in [4.69, 9.17) is 0 Å². The molecule has 0 radical (unpaired) electrons. The number of carbonyl (C=O) groups is 1. The molecule has 0 saturated carbocycles. The molecule has 2 rings (SSSR count). The van der Waals surface area contributed by atoms with Gasteiger partial charge in [0.2, 0.25) is 15.9 Å². The standard InChI is InChI=1S/C17H24N4O3S/c1-12-9-13(2)21(19-12)11-16(22)18-14-7-6-8-15(10-14)25(23,24)20-17(3,4)5/h6-10,20H,11H2,1-5H3,(H,18,22). The lowest BCUT2D eigenvalue weighted by atomic mass is 10.1. The van der Waals surface area contributed by atoms with Crippen molar-refractivity contribution in [1.29, 1.82) is 0 Å². The Morgan fingerprint density at radius 1 is 1.20 bits per heavy atom. The summed E-state index contributed by atoms with van der Waals surface area (Å²) in [4.78, 5) is 12.3. The fraction of sp³-hybridized carbons (Fsp3) is 0.412. The Hall–Kier alpha value is -2.19. The molecular weight excluding hydrogens is 340 g/mol. The highest BCUT2D eigenvalue weighted by atomic mass is 32.2. The summed E-state index contributed by atoms with van der Waals surface area (Å²) in [5.41, 5.74) is 1.56. The van der Waals surface area contributed by atoms with Gasteiger partial charge in [0, 0.05) is 16.9 Å². The van der Waals surface area contributed by atoms with E-state index in [0.29, 0.717) is 5.69 Å². The second kappa shape index (κ2) is 6.97. The number of rotatable bonds is 5. The molecule has 7 nitrogen and oxygen atoms in total. The summed E-state index contributed by atoms with van der Waals surface area (Å²) in [6.07, 6.45) is 0. The molecule has 0 aliphatic heterocycles. The Kier molecular flexibility index (Phi) is 5.34. The van der Waals surface area contributed by atoms with Crippen LogP contribution in [-0.2, 0) is 21.4 Å². The molecule has 1 heterocycles. The van der Waals surface area contributed by atoms with Crippen LogP contribution in [0.15, 0.2) is 35.2 Å². The SMILES string of the molecule is Cc1cc(C)n(CC(=O)Nc2cccc(S(=O)(=O)NC(C)(C)C)c2)n1. The van der Waals surface area contributed by atoms with E-state index >= 15 is 0 Å². The fourth-order valence-corrected chi connectivity index (χ4v) is 3.84. The number of amides is 1. The Morgan fingerprint density at radius 2 is 1.88 bits per heavy atom. The van der Waals surface area contributed by atoms with Gasteiger partial charge in [0.15, 0.2) is 0 Å². The molecule has 0 aliphatic rings. The Bertz CT molecular complexity index is 880. The molecule has 0 fully saturated rings. The summed E-state index contributed by atoms with van der Waals surface area (Å²) in [5, 5.41) is 6.95. The van der Waals surface area contributed by atoms with Crippen LogP contribution in [0.3, 0.4) is 0 Å². The van der Waals surface area contributed by atoms with E-state index in [-0.39, 0.29) is 17.3 Å². The maximum Gasteiger partial charge on any atom is 0.246 e. The Labute approximate surface area is 148 Å². The first-order valence-electron chi connectivity index (χ1n) is 7.91. The van der Waals surface area contributed by atoms with E-state index in [1.54, 1.807) is 37.6 Å². The molecule has 0 saturated heterocycles. The van der Waals surface area contributed by atoms with Crippen LogP contribution in [0, 0.1) is 13.8 Å². The number of carbonyl (C=O) groups excluding carboxylic acids is 1. The van der Waals surface area contributed by atoms with Gasteiger partial charge in [0.1, 0.15) is 6.54 Å². The molecule has 0 aliphatic carbocycles. The van der Waals surface area contributed by atoms with Crippen molar-refractivity contribution in [2.75, 3.05) is 5.32 Å². The van der Waals surface area contributed by atoms with E-state index in [1.807, 2.05) is 19.9 Å². The van der Waals surface area contributed by atoms with Crippen molar-refractivity contribution in [2.24, 2.45) is 0 Å². The summed E-state index contributed by atoms with van der Waals surface area (Å²) in [7, 11) is -3.66. The van der Waals surface area contributed by atoms with Crippen molar-refractivity contribution >= 4 is 21.6 Å². The van der Waals surface area contributed by atoms with Crippen molar-refractivity contribution < 1.29 is 13.2 Å². The van der Waals surface area contributed by atoms with Crippen LogP contribution in [0.2, 0.25) is 0 Å². The number of aryl methyl sites for hydroxylation is 2. The summed E-state index contributed by atoms with van der Waals surface area (Å²) >= 11 is 0. The average molecular weight is 364 g/mol. The first-order valence-corrected chi connectivity index (χ1v) is 9.39. The fourth-order valence-electron chi connectivity index (χ4n) is 2.37. The minimum Gasteiger partial charge on any atom is -0.324 e. The molecule has 1 amide bonds. The van der Waals surface area contributed by atoms with Gasteiger partial charge in [-0.3, -0.25) is 9.48 Å². The van der Waals surface area contributed by atoms with Gasteiger partial charge < -0.3 is 5.32 Å². The number of nitrogens with one attached hydrogen (secondary N) is 2. The van der Waals surface area contributed by atoms with Crippen LogP contribution in [0.4, 0.5) is 5.69 Å². The smallest absolute Gasteiger partial charge is 0.246 e. The van der Waals surface area contributed by atoms with Crippen LogP contribution in [0.5, 0.6) is 0 Å².